The van der Waals surface area contributed by atoms with E-state index >= 15 is 0 Å². The Morgan fingerprint density at radius 3 is 3.00 bits per heavy atom. The zero-order valence-electron chi connectivity index (χ0n) is 6.14. The lowest BCUT2D eigenvalue weighted by atomic mass is 10.4. The highest BCUT2D eigenvalue weighted by Gasteiger charge is 2.00. The van der Waals surface area contributed by atoms with Crippen LogP contribution in [-0.4, -0.2) is 13.1 Å². The quantitative estimate of drug-likeness (QED) is 0.745. The second-order valence-corrected chi connectivity index (χ2v) is 3.01. The van der Waals surface area contributed by atoms with Crippen LogP contribution in [0.4, 0.5) is 0 Å². The molecule has 1 rings (SSSR count). The Kier molecular flexibility index (Phi) is 3.62. The van der Waals surface area contributed by atoms with Gasteiger partial charge in [0.2, 0.25) is 0 Å². The molecule has 1 heterocycles. The van der Waals surface area contributed by atoms with Crippen LogP contribution in [0.25, 0.3) is 0 Å². The lowest BCUT2D eigenvalue weighted by Crippen LogP contribution is -2.21. The predicted octanol–water partition coefficient (Wildman–Crippen LogP) is 1.09. The summed E-state index contributed by atoms with van der Waals surface area (Å²) in [5.41, 5.74) is 5.30. The molecule has 0 aromatic carbocycles. The third-order valence-corrected chi connectivity index (χ3v) is 2.00. The van der Waals surface area contributed by atoms with E-state index in [-0.39, 0.29) is 0 Å². The fourth-order valence-electron chi connectivity index (χ4n) is 0.755. The summed E-state index contributed by atoms with van der Waals surface area (Å²) in [5.74, 6) is 0.915. The van der Waals surface area contributed by atoms with Crippen molar-refractivity contribution in [3.05, 3.63) is 22.6 Å². The first kappa shape index (κ1) is 8.77. The molecule has 0 aliphatic carbocycles. The van der Waals surface area contributed by atoms with Crippen LogP contribution in [0.2, 0.25) is 0 Å². The molecule has 0 fully saturated rings. The van der Waals surface area contributed by atoms with Crippen LogP contribution in [0.1, 0.15) is 5.76 Å². The topological polar surface area (TPSA) is 51.2 Å². The van der Waals surface area contributed by atoms with Crippen LogP contribution in [0.5, 0.6) is 0 Å². The summed E-state index contributed by atoms with van der Waals surface area (Å²) in [6, 6.07) is 1.87. The van der Waals surface area contributed by atoms with Gasteiger partial charge in [-0.25, -0.2) is 0 Å². The largest absolute Gasteiger partial charge is 0.467 e. The van der Waals surface area contributed by atoms with E-state index in [4.69, 9.17) is 10.2 Å². The van der Waals surface area contributed by atoms with E-state index in [1.165, 1.54) is 0 Å². The van der Waals surface area contributed by atoms with Gasteiger partial charge in [0.1, 0.15) is 5.76 Å². The summed E-state index contributed by atoms with van der Waals surface area (Å²) < 4.78 is 6.16. The highest BCUT2D eigenvalue weighted by Crippen LogP contribution is 2.16. The van der Waals surface area contributed by atoms with Crippen molar-refractivity contribution in [2.24, 2.45) is 5.73 Å². The van der Waals surface area contributed by atoms with Gasteiger partial charge in [-0.2, -0.15) is 0 Å². The molecule has 0 atom stereocenters. The third kappa shape index (κ3) is 2.65. The van der Waals surface area contributed by atoms with E-state index in [0.29, 0.717) is 6.54 Å². The molecule has 11 heavy (non-hydrogen) atoms. The first-order valence-electron chi connectivity index (χ1n) is 3.47. The minimum absolute atomic E-state index is 0.651. The monoisotopic (exact) mass is 218 g/mol. The third-order valence-electron chi connectivity index (χ3n) is 1.30. The van der Waals surface area contributed by atoms with Crippen molar-refractivity contribution in [2.45, 2.75) is 6.54 Å². The van der Waals surface area contributed by atoms with Crippen LogP contribution >= 0.6 is 15.9 Å². The Bertz CT molecular complexity index is 212. The Hall–Kier alpha value is -0.320. The van der Waals surface area contributed by atoms with E-state index in [0.717, 1.165) is 23.3 Å². The molecule has 0 saturated heterocycles. The Morgan fingerprint density at radius 2 is 2.45 bits per heavy atom. The molecule has 0 unspecified atom stereocenters. The summed E-state index contributed by atoms with van der Waals surface area (Å²) >= 11 is 3.35. The van der Waals surface area contributed by atoms with E-state index in [1.807, 2.05) is 6.07 Å². The summed E-state index contributed by atoms with van der Waals surface area (Å²) in [6.45, 7) is 2.19. The van der Waals surface area contributed by atoms with Gasteiger partial charge in [0, 0.05) is 13.1 Å². The number of halogens is 1. The highest BCUT2D eigenvalue weighted by molar-refractivity contribution is 9.10. The number of rotatable bonds is 4. The van der Waals surface area contributed by atoms with Crippen LogP contribution < -0.4 is 11.1 Å². The molecule has 0 spiro atoms. The maximum Gasteiger partial charge on any atom is 0.131 e. The number of furan rings is 1. The van der Waals surface area contributed by atoms with Crippen molar-refractivity contribution in [3.63, 3.8) is 0 Å². The fourth-order valence-corrected chi connectivity index (χ4v) is 1.10. The normalized spacial score (nSPS) is 10.4. The van der Waals surface area contributed by atoms with Gasteiger partial charge in [0.25, 0.3) is 0 Å². The van der Waals surface area contributed by atoms with Crippen LogP contribution in [0, 0.1) is 0 Å². The van der Waals surface area contributed by atoms with Crippen molar-refractivity contribution in [2.75, 3.05) is 13.1 Å². The Morgan fingerprint density at radius 1 is 1.64 bits per heavy atom. The fraction of sp³-hybridized carbons (Fsp3) is 0.429. The lowest BCUT2D eigenvalue weighted by molar-refractivity contribution is 0.483. The molecule has 3 N–H and O–H groups in total. The Labute approximate surface area is 74.1 Å². The standard InChI is InChI=1S/C7H11BrN2O/c8-6-1-4-11-7(6)5-10-3-2-9/h1,4,10H,2-3,5,9H2. The molecule has 1 aromatic rings. The van der Waals surface area contributed by atoms with Gasteiger partial charge in [0.05, 0.1) is 17.3 Å². The van der Waals surface area contributed by atoms with Crippen LogP contribution in [-0.2, 0) is 6.54 Å². The second-order valence-electron chi connectivity index (χ2n) is 2.16. The zero-order valence-corrected chi connectivity index (χ0v) is 7.73. The van der Waals surface area contributed by atoms with Gasteiger partial charge >= 0.3 is 0 Å². The lowest BCUT2D eigenvalue weighted by Gasteiger charge is -1.99. The highest BCUT2D eigenvalue weighted by atomic mass is 79.9. The van der Waals surface area contributed by atoms with Crippen LogP contribution in [0.15, 0.2) is 21.2 Å². The molecular formula is C7H11BrN2O. The maximum atomic E-state index is 5.30. The molecule has 3 nitrogen and oxygen atoms in total. The minimum Gasteiger partial charge on any atom is -0.467 e. The van der Waals surface area contributed by atoms with Crippen molar-refractivity contribution < 1.29 is 4.42 Å². The smallest absolute Gasteiger partial charge is 0.131 e. The van der Waals surface area contributed by atoms with Gasteiger partial charge in [-0.05, 0) is 22.0 Å². The van der Waals surface area contributed by atoms with Gasteiger partial charge in [-0.3, -0.25) is 0 Å². The summed E-state index contributed by atoms with van der Waals surface area (Å²) in [6.07, 6.45) is 1.66. The van der Waals surface area contributed by atoms with Crippen molar-refractivity contribution in [1.82, 2.24) is 5.32 Å². The van der Waals surface area contributed by atoms with E-state index in [1.54, 1.807) is 6.26 Å². The van der Waals surface area contributed by atoms with E-state index < -0.39 is 0 Å². The van der Waals surface area contributed by atoms with Gasteiger partial charge in [0.15, 0.2) is 0 Å². The first-order valence-corrected chi connectivity index (χ1v) is 4.26. The van der Waals surface area contributed by atoms with Crippen molar-refractivity contribution in [3.8, 4) is 0 Å². The average Bonchev–Trinajstić information content (AvgIpc) is 2.37. The SMILES string of the molecule is NCCNCc1occc1Br. The van der Waals surface area contributed by atoms with Gasteiger partial charge in [-0.1, -0.05) is 0 Å². The predicted molar refractivity (Wildman–Crippen MR) is 47.2 cm³/mol. The van der Waals surface area contributed by atoms with Gasteiger partial charge < -0.3 is 15.5 Å². The second kappa shape index (κ2) is 4.54. The van der Waals surface area contributed by atoms with E-state index in [9.17, 15) is 0 Å². The molecule has 0 aliphatic rings. The van der Waals surface area contributed by atoms with Crippen LogP contribution in [0.3, 0.4) is 0 Å². The molecule has 0 radical (unpaired) electrons. The average molecular weight is 219 g/mol. The van der Waals surface area contributed by atoms with Crippen molar-refractivity contribution >= 4 is 15.9 Å². The minimum atomic E-state index is 0.651. The number of nitrogens with two attached hydrogens (primary N) is 1. The molecule has 0 amide bonds. The summed E-state index contributed by atoms with van der Waals surface area (Å²) in [5, 5.41) is 3.13. The molecule has 1 aromatic heterocycles. The molecular weight excluding hydrogens is 208 g/mol. The van der Waals surface area contributed by atoms with E-state index in [2.05, 4.69) is 21.2 Å². The van der Waals surface area contributed by atoms with Crippen molar-refractivity contribution in [1.29, 1.82) is 0 Å². The number of hydrogen-bond donors (Lipinski definition) is 2. The Balaban J connectivity index is 2.32. The zero-order chi connectivity index (χ0) is 8.10. The molecule has 4 heteroatoms. The number of hydrogen-bond acceptors (Lipinski definition) is 3. The maximum absolute atomic E-state index is 5.30. The number of nitrogens with one attached hydrogen (secondary N) is 1. The molecule has 0 aliphatic heterocycles. The molecule has 0 bridgehead atoms. The molecule has 62 valence electrons. The first-order chi connectivity index (χ1) is 5.34. The summed E-state index contributed by atoms with van der Waals surface area (Å²) in [4.78, 5) is 0. The van der Waals surface area contributed by atoms with Gasteiger partial charge in [-0.15, -0.1) is 0 Å². The molecule has 0 saturated carbocycles. The summed E-state index contributed by atoms with van der Waals surface area (Å²) in [7, 11) is 0.